The van der Waals surface area contributed by atoms with Crippen molar-refractivity contribution in [1.82, 2.24) is 0 Å². The van der Waals surface area contributed by atoms with Gasteiger partial charge < -0.3 is 9.79 Å². The van der Waals surface area contributed by atoms with Gasteiger partial charge in [-0.05, 0) is 59.9 Å². The molecule has 0 fully saturated rings. The molecule has 0 bridgehead atoms. The number of hydrogen-bond donors (Lipinski definition) is 2. The molecule has 0 amide bonds. The molecule has 0 atom stereocenters. The summed E-state index contributed by atoms with van der Waals surface area (Å²) in [5.41, 5.74) is 0. The van der Waals surface area contributed by atoms with Crippen LogP contribution in [-0.2, 0) is 4.57 Å². The molecule has 0 unspecified atom stereocenters. The van der Waals surface area contributed by atoms with Gasteiger partial charge in [-0.3, -0.25) is 4.57 Å². The molecule has 7 heteroatoms. The normalized spacial score (nSPS) is 11.8. The molecule has 0 saturated carbocycles. The molecule has 0 saturated heterocycles. The summed E-state index contributed by atoms with van der Waals surface area (Å²) < 4.78 is 12.4. The van der Waals surface area contributed by atoms with E-state index in [4.69, 9.17) is 9.79 Å². The first-order valence-corrected chi connectivity index (χ1v) is 7.03. The van der Waals surface area contributed by atoms with Crippen molar-refractivity contribution in [3.8, 4) is 0 Å². The summed E-state index contributed by atoms with van der Waals surface area (Å²) >= 11 is 9.33. The molecule has 72 valence electrons. The van der Waals surface area contributed by atoms with E-state index < -0.39 is 7.60 Å². The largest absolute Gasteiger partial charge is 0.358 e. The Morgan fingerprint density at radius 1 is 1.08 bits per heavy atom. The molecule has 0 aliphatic heterocycles. The van der Waals surface area contributed by atoms with Gasteiger partial charge >= 0.3 is 7.60 Å². The first-order valence-electron chi connectivity index (χ1n) is 3.03. The Labute approximate surface area is 100 Å². The summed E-state index contributed by atoms with van der Waals surface area (Å²) in [6.45, 7) is 0. The summed E-state index contributed by atoms with van der Waals surface area (Å²) in [4.78, 5) is 18.0. The van der Waals surface area contributed by atoms with Crippen LogP contribution in [0.3, 0.4) is 0 Å². The van der Waals surface area contributed by atoms with Crippen LogP contribution in [0.1, 0.15) is 0 Å². The van der Waals surface area contributed by atoms with Crippen molar-refractivity contribution in [1.29, 1.82) is 0 Å². The topological polar surface area (TPSA) is 57.5 Å². The molecule has 1 aromatic rings. The number of rotatable bonds is 1. The van der Waals surface area contributed by atoms with Gasteiger partial charge in [0.25, 0.3) is 0 Å². The molecule has 0 aliphatic rings. The number of hydrogen-bond acceptors (Lipinski definition) is 1. The van der Waals surface area contributed by atoms with Crippen LogP contribution in [0.4, 0.5) is 0 Å². The Morgan fingerprint density at radius 3 is 1.92 bits per heavy atom. The van der Waals surface area contributed by atoms with Gasteiger partial charge in [-0.2, -0.15) is 0 Å². The lowest BCUT2D eigenvalue weighted by atomic mass is 10.4. The van der Waals surface area contributed by atoms with E-state index in [9.17, 15) is 4.57 Å². The van der Waals surface area contributed by atoms with Gasteiger partial charge in [-0.25, -0.2) is 0 Å². The fourth-order valence-electron chi connectivity index (χ4n) is 0.783. The van der Waals surface area contributed by atoms with Gasteiger partial charge in [0.05, 0.1) is 5.30 Å². The van der Waals surface area contributed by atoms with Crippen molar-refractivity contribution < 1.29 is 14.4 Å². The molecule has 13 heavy (non-hydrogen) atoms. The molecule has 0 spiro atoms. The fourth-order valence-corrected chi connectivity index (χ4v) is 4.32. The molecular weight excluding hydrogens is 391 g/mol. The summed E-state index contributed by atoms with van der Waals surface area (Å²) in [6.07, 6.45) is 0. The average Bonchev–Trinajstić information content (AvgIpc) is 1.95. The van der Waals surface area contributed by atoms with Gasteiger partial charge in [0, 0.05) is 13.4 Å². The molecule has 3 nitrogen and oxygen atoms in total. The Morgan fingerprint density at radius 2 is 1.54 bits per heavy atom. The van der Waals surface area contributed by atoms with Crippen LogP contribution in [0.2, 0.25) is 0 Å². The Kier molecular flexibility index (Phi) is 3.77. The highest BCUT2D eigenvalue weighted by molar-refractivity contribution is 9.13. The maximum Gasteiger partial charge on any atom is 0.358 e. The van der Waals surface area contributed by atoms with Gasteiger partial charge in [-0.15, -0.1) is 0 Å². The van der Waals surface area contributed by atoms with Gasteiger partial charge in [0.15, 0.2) is 0 Å². The van der Waals surface area contributed by atoms with Crippen LogP contribution in [0.5, 0.6) is 0 Å². The van der Waals surface area contributed by atoms with E-state index in [0.29, 0.717) is 13.4 Å². The van der Waals surface area contributed by atoms with Gasteiger partial charge in [0.1, 0.15) is 0 Å². The minimum absolute atomic E-state index is 0.0399. The highest BCUT2D eigenvalue weighted by Crippen LogP contribution is 2.41. The quantitative estimate of drug-likeness (QED) is 0.569. The van der Waals surface area contributed by atoms with E-state index in [1.807, 2.05) is 0 Å². The second-order valence-electron chi connectivity index (χ2n) is 2.24. The van der Waals surface area contributed by atoms with Crippen LogP contribution in [0.15, 0.2) is 25.6 Å². The highest BCUT2D eigenvalue weighted by atomic mass is 79.9. The third-order valence-corrected chi connectivity index (χ3v) is 5.65. The van der Waals surface area contributed by atoms with Crippen LogP contribution in [0, 0.1) is 0 Å². The second-order valence-corrected chi connectivity index (χ2v) is 6.27. The van der Waals surface area contributed by atoms with Crippen molar-refractivity contribution in [2.75, 3.05) is 0 Å². The van der Waals surface area contributed by atoms with Crippen LogP contribution < -0.4 is 5.30 Å². The highest BCUT2D eigenvalue weighted by Gasteiger charge is 2.25. The second kappa shape index (κ2) is 4.13. The lowest BCUT2D eigenvalue weighted by Gasteiger charge is -2.09. The van der Waals surface area contributed by atoms with Gasteiger partial charge in [0.2, 0.25) is 0 Å². The zero-order valence-corrected chi connectivity index (χ0v) is 11.7. The van der Waals surface area contributed by atoms with Crippen molar-refractivity contribution in [2.45, 2.75) is 0 Å². The average molecular weight is 395 g/mol. The van der Waals surface area contributed by atoms with Gasteiger partial charge in [-0.1, -0.05) is 0 Å². The molecule has 0 aliphatic carbocycles. The Bertz CT molecular complexity index is 387. The summed E-state index contributed by atoms with van der Waals surface area (Å²) in [5.74, 6) is 0. The standard InChI is InChI=1S/C6H4Br3O3P/c7-3-1-2-4(8)6(5(3)9)13(10,11)12/h1-2H,(H2,10,11,12). The Balaban J connectivity index is 3.52. The van der Waals surface area contributed by atoms with Crippen LogP contribution in [-0.4, -0.2) is 9.79 Å². The number of halogens is 3. The minimum Gasteiger partial charge on any atom is -0.321 e. The first-order chi connectivity index (χ1) is 5.84. The van der Waals surface area contributed by atoms with E-state index in [-0.39, 0.29) is 5.30 Å². The van der Waals surface area contributed by atoms with Crippen LogP contribution >= 0.6 is 55.4 Å². The SMILES string of the molecule is O=P(O)(O)c1c(Br)ccc(Br)c1Br. The van der Waals surface area contributed by atoms with Crippen molar-refractivity contribution >= 4 is 60.7 Å². The fraction of sp³-hybridized carbons (Fsp3) is 0. The van der Waals surface area contributed by atoms with E-state index >= 15 is 0 Å². The maximum atomic E-state index is 11.0. The first kappa shape index (κ1) is 11.9. The van der Waals surface area contributed by atoms with Crippen molar-refractivity contribution in [3.63, 3.8) is 0 Å². The maximum absolute atomic E-state index is 11.0. The third-order valence-electron chi connectivity index (χ3n) is 1.31. The van der Waals surface area contributed by atoms with E-state index in [1.54, 1.807) is 12.1 Å². The predicted molar refractivity (Wildman–Crippen MR) is 61.2 cm³/mol. The third kappa shape index (κ3) is 2.64. The summed E-state index contributed by atoms with van der Waals surface area (Å²) in [5, 5.41) is -0.0399. The molecule has 1 rings (SSSR count). The summed E-state index contributed by atoms with van der Waals surface area (Å²) in [6, 6.07) is 3.26. The zero-order chi connectivity index (χ0) is 10.2. The minimum atomic E-state index is -4.24. The monoisotopic (exact) mass is 392 g/mol. The van der Waals surface area contributed by atoms with Crippen molar-refractivity contribution in [2.24, 2.45) is 0 Å². The lowest BCUT2D eigenvalue weighted by Crippen LogP contribution is -2.08. The molecule has 0 heterocycles. The molecule has 0 aromatic heterocycles. The zero-order valence-electron chi connectivity index (χ0n) is 6.04. The van der Waals surface area contributed by atoms with Crippen LogP contribution in [0.25, 0.3) is 0 Å². The molecule has 1 aromatic carbocycles. The molecular formula is C6H4Br3O3P. The van der Waals surface area contributed by atoms with Crippen molar-refractivity contribution in [3.05, 3.63) is 25.6 Å². The number of benzene rings is 1. The van der Waals surface area contributed by atoms with E-state index in [0.717, 1.165) is 0 Å². The molecule has 2 N–H and O–H groups in total. The smallest absolute Gasteiger partial charge is 0.321 e. The van der Waals surface area contributed by atoms with E-state index in [2.05, 4.69) is 47.8 Å². The molecule has 0 radical (unpaired) electrons. The summed E-state index contributed by atoms with van der Waals surface area (Å²) in [7, 11) is -4.24. The lowest BCUT2D eigenvalue weighted by molar-refractivity contribution is 0.387. The van der Waals surface area contributed by atoms with E-state index in [1.165, 1.54) is 0 Å². The predicted octanol–water partition coefficient (Wildman–Crippen LogP) is 2.78. The Hall–Kier alpha value is 0.810.